The third-order valence-corrected chi connectivity index (χ3v) is 6.23. The van der Waals surface area contributed by atoms with Crippen molar-refractivity contribution in [3.63, 3.8) is 0 Å². The molecule has 0 N–H and O–H groups in total. The van der Waals surface area contributed by atoms with E-state index in [9.17, 15) is 4.79 Å². The molecule has 0 unspecified atom stereocenters. The molecule has 0 amide bonds. The van der Waals surface area contributed by atoms with Crippen LogP contribution in [0.5, 0.6) is 0 Å². The number of benzene rings is 2. The van der Waals surface area contributed by atoms with E-state index in [4.69, 9.17) is 4.98 Å². The number of para-hydroxylation sites is 2. The van der Waals surface area contributed by atoms with Crippen LogP contribution in [0, 0.1) is 0 Å². The van der Waals surface area contributed by atoms with Crippen molar-refractivity contribution in [1.82, 2.24) is 23.7 Å². The molecule has 1 aliphatic heterocycles. The summed E-state index contributed by atoms with van der Waals surface area (Å²) in [5, 5.41) is 0. The van der Waals surface area contributed by atoms with Gasteiger partial charge in [-0.05, 0) is 61.4 Å². The van der Waals surface area contributed by atoms with Gasteiger partial charge in [-0.15, -0.1) is 0 Å². The third-order valence-electron chi connectivity index (χ3n) is 6.23. The van der Waals surface area contributed by atoms with Gasteiger partial charge in [-0.25, -0.2) is 19.3 Å². The predicted octanol–water partition coefficient (Wildman–Crippen LogP) is 3.79. The van der Waals surface area contributed by atoms with Crippen LogP contribution < -0.4 is 10.6 Å². The zero-order valence-electron chi connectivity index (χ0n) is 17.5. The molecule has 5 aromatic rings. The molecule has 4 heterocycles. The molecule has 0 radical (unpaired) electrons. The highest BCUT2D eigenvalue weighted by Crippen LogP contribution is 2.36. The fourth-order valence-corrected chi connectivity index (χ4v) is 4.73. The summed E-state index contributed by atoms with van der Waals surface area (Å²) in [5.74, 6) is 0.939. The normalized spacial score (nSPS) is 13.4. The third kappa shape index (κ3) is 2.49. The minimum Gasteiger partial charge on any atom is -0.313 e. The van der Waals surface area contributed by atoms with Crippen LogP contribution in [0.25, 0.3) is 27.9 Å². The van der Waals surface area contributed by atoms with E-state index in [-0.39, 0.29) is 5.69 Å². The molecule has 0 saturated heterocycles. The number of imidazole rings is 2. The van der Waals surface area contributed by atoms with Gasteiger partial charge in [0.1, 0.15) is 0 Å². The predicted molar refractivity (Wildman–Crippen MR) is 122 cm³/mol. The van der Waals surface area contributed by atoms with Crippen LogP contribution in [-0.2, 0) is 20.0 Å². The Morgan fingerprint density at radius 2 is 1.87 bits per heavy atom. The Hall–Kier alpha value is -3.87. The number of fused-ring (bicyclic) bond motifs is 3. The number of pyridine rings is 1. The smallest absolute Gasteiger partial charge is 0.313 e. The number of aromatic nitrogens is 5. The van der Waals surface area contributed by atoms with Crippen LogP contribution in [0.3, 0.4) is 0 Å². The summed E-state index contributed by atoms with van der Waals surface area (Å²) in [6, 6.07) is 18.2. The lowest BCUT2D eigenvalue weighted by atomic mass is 10.1. The van der Waals surface area contributed by atoms with Crippen molar-refractivity contribution >= 4 is 33.8 Å². The fraction of sp³-hybridized carbons (Fsp3) is 0.208. The van der Waals surface area contributed by atoms with Crippen LogP contribution in [0.1, 0.15) is 12.5 Å². The zero-order valence-corrected chi connectivity index (χ0v) is 17.5. The van der Waals surface area contributed by atoms with E-state index in [1.54, 1.807) is 15.3 Å². The molecular formula is C24H22N6O. The number of anilines is 2. The minimum atomic E-state index is -0.0543. The zero-order chi connectivity index (χ0) is 21.1. The summed E-state index contributed by atoms with van der Waals surface area (Å²) in [7, 11) is 2.06. The molecule has 0 bridgehead atoms. The van der Waals surface area contributed by atoms with Gasteiger partial charge < -0.3 is 9.47 Å². The van der Waals surface area contributed by atoms with Crippen LogP contribution in [0.4, 0.5) is 11.6 Å². The summed E-state index contributed by atoms with van der Waals surface area (Å²) < 4.78 is 5.62. The quantitative estimate of drug-likeness (QED) is 0.454. The van der Waals surface area contributed by atoms with Gasteiger partial charge in [-0.1, -0.05) is 12.1 Å². The van der Waals surface area contributed by atoms with Crippen molar-refractivity contribution in [3.8, 4) is 5.69 Å². The number of rotatable bonds is 3. The van der Waals surface area contributed by atoms with Gasteiger partial charge >= 0.3 is 5.69 Å². The van der Waals surface area contributed by atoms with Gasteiger partial charge in [0.2, 0.25) is 5.95 Å². The summed E-state index contributed by atoms with van der Waals surface area (Å²) in [6.07, 6.45) is 2.64. The van der Waals surface area contributed by atoms with Crippen molar-refractivity contribution in [2.75, 3.05) is 11.4 Å². The van der Waals surface area contributed by atoms with Gasteiger partial charge in [-0.3, -0.25) is 4.57 Å². The fourth-order valence-electron chi connectivity index (χ4n) is 4.73. The van der Waals surface area contributed by atoms with Crippen molar-refractivity contribution in [2.45, 2.75) is 19.9 Å². The molecule has 154 valence electrons. The highest BCUT2D eigenvalue weighted by atomic mass is 16.1. The molecule has 7 nitrogen and oxygen atoms in total. The van der Waals surface area contributed by atoms with E-state index in [1.807, 2.05) is 43.3 Å². The minimum absolute atomic E-state index is 0.0543. The molecule has 0 fully saturated rings. The topological polar surface area (TPSA) is 60.9 Å². The van der Waals surface area contributed by atoms with Crippen molar-refractivity contribution < 1.29 is 0 Å². The molecule has 0 aliphatic carbocycles. The molecule has 6 rings (SSSR count). The second kappa shape index (κ2) is 6.57. The lowest BCUT2D eigenvalue weighted by molar-refractivity contribution is 0.734. The molecule has 0 saturated carbocycles. The van der Waals surface area contributed by atoms with Crippen LogP contribution in [0.2, 0.25) is 0 Å². The maximum Gasteiger partial charge on any atom is 0.334 e. The second-order valence-electron chi connectivity index (χ2n) is 7.88. The van der Waals surface area contributed by atoms with Crippen molar-refractivity contribution in [3.05, 3.63) is 76.8 Å². The highest BCUT2D eigenvalue weighted by Gasteiger charge is 2.25. The van der Waals surface area contributed by atoms with Gasteiger partial charge in [0.25, 0.3) is 0 Å². The van der Waals surface area contributed by atoms with Gasteiger partial charge in [-0.2, -0.15) is 0 Å². The second-order valence-corrected chi connectivity index (χ2v) is 7.88. The first-order valence-electron chi connectivity index (χ1n) is 10.6. The summed E-state index contributed by atoms with van der Waals surface area (Å²) in [5.41, 5.74) is 6.82. The SMILES string of the molecule is CCn1c(=O)n(-c2ccc3c(c2)CCN3c2nc3ccccc3n2C)c2ncccc21. The first-order chi connectivity index (χ1) is 15.2. The lowest BCUT2D eigenvalue weighted by Gasteiger charge is -2.18. The van der Waals surface area contributed by atoms with Gasteiger partial charge in [0.15, 0.2) is 5.65 Å². The Balaban J connectivity index is 1.48. The van der Waals surface area contributed by atoms with Crippen molar-refractivity contribution in [2.24, 2.45) is 7.05 Å². The standard InChI is InChI=1S/C24H22N6O/c1-3-28-21-9-6-13-25-22(21)30(24(28)31)17-10-11-19-16(15-17)12-14-29(19)23-26-18-7-4-5-8-20(18)27(23)2/h4-11,13,15H,3,12,14H2,1-2H3. The molecule has 7 heteroatoms. The average Bonchev–Trinajstić information content (AvgIpc) is 3.44. The highest BCUT2D eigenvalue weighted by molar-refractivity contribution is 5.81. The molecular weight excluding hydrogens is 388 g/mol. The molecule has 31 heavy (non-hydrogen) atoms. The monoisotopic (exact) mass is 410 g/mol. The Morgan fingerprint density at radius 1 is 1.03 bits per heavy atom. The number of aryl methyl sites for hydroxylation is 2. The lowest BCUT2D eigenvalue weighted by Crippen LogP contribution is -2.22. The van der Waals surface area contributed by atoms with E-state index in [1.165, 1.54) is 5.56 Å². The summed E-state index contributed by atoms with van der Waals surface area (Å²) in [6.45, 7) is 3.45. The number of hydrogen-bond donors (Lipinski definition) is 0. The first kappa shape index (κ1) is 17.9. The largest absolute Gasteiger partial charge is 0.334 e. The molecule has 0 atom stereocenters. The number of nitrogens with zero attached hydrogens (tertiary/aromatic N) is 6. The molecule has 1 aliphatic rings. The van der Waals surface area contributed by atoms with E-state index < -0.39 is 0 Å². The van der Waals surface area contributed by atoms with Crippen LogP contribution in [-0.4, -0.2) is 30.2 Å². The Labute approximate surface area is 178 Å². The van der Waals surface area contributed by atoms with E-state index in [2.05, 4.69) is 39.7 Å². The van der Waals surface area contributed by atoms with Crippen molar-refractivity contribution in [1.29, 1.82) is 0 Å². The Morgan fingerprint density at radius 3 is 2.71 bits per heavy atom. The molecule has 2 aromatic carbocycles. The number of hydrogen-bond acceptors (Lipinski definition) is 4. The van der Waals surface area contributed by atoms with Crippen LogP contribution in [0.15, 0.2) is 65.6 Å². The maximum absolute atomic E-state index is 13.1. The Kier molecular flexibility index (Phi) is 3.80. The van der Waals surface area contributed by atoms with Crippen LogP contribution >= 0.6 is 0 Å². The Bertz CT molecular complexity index is 1520. The summed E-state index contributed by atoms with van der Waals surface area (Å²) in [4.78, 5) is 24.7. The summed E-state index contributed by atoms with van der Waals surface area (Å²) >= 11 is 0. The van der Waals surface area contributed by atoms with Gasteiger partial charge in [0, 0.05) is 32.0 Å². The maximum atomic E-state index is 13.1. The molecule has 3 aromatic heterocycles. The average molecular weight is 410 g/mol. The van der Waals surface area contributed by atoms with E-state index >= 15 is 0 Å². The first-order valence-corrected chi connectivity index (χ1v) is 10.6. The van der Waals surface area contributed by atoms with Gasteiger partial charge in [0.05, 0.1) is 22.2 Å². The van der Waals surface area contributed by atoms with E-state index in [0.717, 1.165) is 46.8 Å². The molecule has 0 spiro atoms. The van der Waals surface area contributed by atoms with E-state index in [0.29, 0.717) is 12.2 Å².